The molecule has 0 saturated heterocycles. The molecule has 28 heavy (non-hydrogen) atoms. The number of thiophene rings is 1. The van der Waals surface area contributed by atoms with E-state index >= 15 is 0 Å². The van der Waals surface area contributed by atoms with Gasteiger partial charge in [0.25, 0.3) is 5.91 Å². The first-order valence-corrected chi connectivity index (χ1v) is 9.85. The van der Waals surface area contributed by atoms with Crippen LogP contribution in [0.15, 0.2) is 54.0 Å². The number of aromatic nitrogens is 3. The van der Waals surface area contributed by atoms with Crippen LogP contribution in [0.2, 0.25) is 0 Å². The Labute approximate surface area is 166 Å². The number of hydrogen-bond acceptors (Lipinski definition) is 4. The van der Waals surface area contributed by atoms with Crippen molar-refractivity contribution in [1.82, 2.24) is 19.7 Å². The zero-order valence-electron chi connectivity index (χ0n) is 15.6. The van der Waals surface area contributed by atoms with Gasteiger partial charge in [-0.15, -0.1) is 11.3 Å². The number of nitrogens with zero attached hydrogens (tertiary/aromatic N) is 4. The zero-order chi connectivity index (χ0) is 19.7. The molecule has 1 amide bonds. The van der Waals surface area contributed by atoms with Crippen LogP contribution in [0.5, 0.6) is 0 Å². The number of fused-ring (bicyclic) bond motifs is 1. The van der Waals surface area contributed by atoms with Gasteiger partial charge in [-0.2, -0.15) is 5.10 Å². The van der Waals surface area contributed by atoms with E-state index in [1.54, 1.807) is 46.3 Å². The predicted octanol–water partition coefficient (Wildman–Crippen LogP) is 4.59. The molecule has 0 bridgehead atoms. The maximum absolute atomic E-state index is 13.5. The largest absolute Gasteiger partial charge is 0.337 e. The second-order valence-corrected chi connectivity index (χ2v) is 7.47. The SMILES string of the molecule is CCn1ncc2c(C(=O)N(C)Cc3cccc(F)c3)cc(-c3cccs3)nc21. The molecule has 0 atom stereocenters. The van der Waals surface area contributed by atoms with Crippen molar-refractivity contribution >= 4 is 28.3 Å². The summed E-state index contributed by atoms with van der Waals surface area (Å²) in [6.07, 6.45) is 1.69. The molecule has 3 aromatic heterocycles. The Morgan fingerprint density at radius 3 is 2.82 bits per heavy atom. The first kappa shape index (κ1) is 18.3. The van der Waals surface area contributed by atoms with Crippen molar-refractivity contribution < 1.29 is 9.18 Å². The van der Waals surface area contributed by atoms with E-state index in [1.807, 2.05) is 30.5 Å². The molecule has 0 aliphatic heterocycles. The van der Waals surface area contributed by atoms with Gasteiger partial charge in [-0.25, -0.2) is 14.1 Å². The summed E-state index contributed by atoms with van der Waals surface area (Å²) in [6.45, 7) is 2.97. The Bertz CT molecular complexity index is 1140. The molecule has 0 N–H and O–H groups in total. The lowest BCUT2D eigenvalue weighted by Gasteiger charge is -2.18. The van der Waals surface area contributed by atoms with E-state index in [0.717, 1.165) is 21.5 Å². The topological polar surface area (TPSA) is 51.0 Å². The van der Waals surface area contributed by atoms with Crippen LogP contribution in [-0.2, 0) is 13.1 Å². The number of hydrogen-bond donors (Lipinski definition) is 0. The standard InChI is InChI=1S/C21H19FN4OS/c1-3-26-20-17(12-23-26)16(11-18(24-20)19-8-5-9-28-19)21(27)25(2)13-14-6-4-7-15(22)10-14/h4-12H,3,13H2,1-2H3. The number of pyridine rings is 1. The maximum atomic E-state index is 13.5. The lowest BCUT2D eigenvalue weighted by Crippen LogP contribution is -2.26. The number of carbonyl (C=O) groups excluding carboxylic acids is 1. The van der Waals surface area contributed by atoms with Crippen LogP contribution in [0.1, 0.15) is 22.8 Å². The lowest BCUT2D eigenvalue weighted by molar-refractivity contribution is 0.0787. The fraction of sp³-hybridized carbons (Fsp3) is 0.190. The molecule has 0 spiro atoms. The summed E-state index contributed by atoms with van der Waals surface area (Å²) >= 11 is 1.57. The van der Waals surface area contributed by atoms with Crippen LogP contribution in [0.3, 0.4) is 0 Å². The van der Waals surface area contributed by atoms with Crippen LogP contribution in [-0.4, -0.2) is 32.6 Å². The van der Waals surface area contributed by atoms with E-state index in [2.05, 4.69) is 5.10 Å². The molecular formula is C21H19FN4OS. The molecule has 5 nitrogen and oxygen atoms in total. The van der Waals surface area contributed by atoms with Gasteiger partial charge >= 0.3 is 0 Å². The molecule has 0 saturated carbocycles. The fourth-order valence-electron chi connectivity index (χ4n) is 3.19. The van der Waals surface area contributed by atoms with E-state index in [0.29, 0.717) is 24.3 Å². The normalized spacial score (nSPS) is 11.1. The van der Waals surface area contributed by atoms with E-state index in [4.69, 9.17) is 4.98 Å². The maximum Gasteiger partial charge on any atom is 0.254 e. The quantitative estimate of drug-likeness (QED) is 0.497. The lowest BCUT2D eigenvalue weighted by atomic mass is 10.1. The van der Waals surface area contributed by atoms with E-state index in [-0.39, 0.29) is 11.7 Å². The van der Waals surface area contributed by atoms with Crippen LogP contribution >= 0.6 is 11.3 Å². The summed E-state index contributed by atoms with van der Waals surface area (Å²) in [4.78, 5) is 20.6. The highest BCUT2D eigenvalue weighted by Crippen LogP contribution is 2.28. The summed E-state index contributed by atoms with van der Waals surface area (Å²) in [6, 6.07) is 12.0. The summed E-state index contributed by atoms with van der Waals surface area (Å²) in [5.41, 5.74) is 2.73. The van der Waals surface area contributed by atoms with Crippen molar-refractivity contribution in [2.75, 3.05) is 7.05 Å². The minimum Gasteiger partial charge on any atom is -0.337 e. The average Bonchev–Trinajstić information content (AvgIpc) is 3.36. The van der Waals surface area contributed by atoms with Crippen molar-refractivity contribution in [1.29, 1.82) is 0 Å². The third-order valence-corrected chi connectivity index (χ3v) is 5.46. The predicted molar refractivity (Wildman–Crippen MR) is 109 cm³/mol. The highest BCUT2D eigenvalue weighted by atomic mass is 32.1. The van der Waals surface area contributed by atoms with Crippen LogP contribution < -0.4 is 0 Å². The molecule has 142 valence electrons. The van der Waals surface area contributed by atoms with Gasteiger partial charge in [0.1, 0.15) is 5.82 Å². The van der Waals surface area contributed by atoms with Crippen molar-refractivity contribution in [3.05, 3.63) is 71.0 Å². The Kier molecular flexibility index (Phi) is 4.92. The first-order valence-electron chi connectivity index (χ1n) is 8.97. The zero-order valence-corrected chi connectivity index (χ0v) is 16.4. The number of carbonyl (C=O) groups is 1. The minimum atomic E-state index is -0.311. The van der Waals surface area contributed by atoms with Crippen LogP contribution in [0.25, 0.3) is 21.6 Å². The van der Waals surface area contributed by atoms with Crippen LogP contribution in [0.4, 0.5) is 4.39 Å². The first-order chi connectivity index (χ1) is 13.6. The number of aryl methyl sites for hydroxylation is 1. The average molecular weight is 394 g/mol. The number of rotatable bonds is 5. The molecule has 7 heteroatoms. The third kappa shape index (κ3) is 3.41. The number of amides is 1. The van der Waals surface area contributed by atoms with E-state index < -0.39 is 0 Å². The Hall–Kier alpha value is -3.06. The van der Waals surface area contributed by atoms with Gasteiger partial charge in [0.05, 0.1) is 27.7 Å². The van der Waals surface area contributed by atoms with Crippen molar-refractivity contribution in [2.24, 2.45) is 0 Å². The third-order valence-electron chi connectivity index (χ3n) is 4.57. The molecule has 0 aliphatic carbocycles. The summed E-state index contributed by atoms with van der Waals surface area (Å²) in [5, 5.41) is 7.07. The van der Waals surface area contributed by atoms with Crippen LogP contribution in [0, 0.1) is 5.82 Å². The van der Waals surface area contributed by atoms with E-state index in [1.165, 1.54) is 12.1 Å². The fourth-order valence-corrected chi connectivity index (χ4v) is 3.88. The Balaban J connectivity index is 1.76. The highest BCUT2D eigenvalue weighted by molar-refractivity contribution is 7.13. The second kappa shape index (κ2) is 7.52. The van der Waals surface area contributed by atoms with Gasteiger partial charge in [-0.05, 0) is 42.1 Å². The Morgan fingerprint density at radius 1 is 1.25 bits per heavy atom. The second-order valence-electron chi connectivity index (χ2n) is 6.52. The molecule has 4 rings (SSSR count). The molecular weight excluding hydrogens is 375 g/mol. The molecule has 1 aromatic carbocycles. The Morgan fingerprint density at radius 2 is 2.11 bits per heavy atom. The molecule has 3 heterocycles. The molecule has 0 unspecified atom stereocenters. The van der Waals surface area contributed by atoms with Gasteiger partial charge in [-0.1, -0.05) is 18.2 Å². The van der Waals surface area contributed by atoms with Gasteiger partial charge in [-0.3, -0.25) is 4.79 Å². The van der Waals surface area contributed by atoms with Crippen molar-refractivity contribution in [2.45, 2.75) is 20.0 Å². The molecule has 0 aliphatic rings. The molecule has 0 radical (unpaired) electrons. The van der Waals surface area contributed by atoms with Crippen molar-refractivity contribution in [3.8, 4) is 10.6 Å². The number of benzene rings is 1. The minimum absolute atomic E-state index is 0.148. The van der Waals surface area contributed by atoms with Crippen molar-refractivity contribution in [3.63, 3.8) is 0 Å². The highest BCUT2D eigenvalue weighted by Gasteiger charge is 2.20. The summed E-state index contributed by atoms with van der Waals surface area (Å²) in [5.74, 6) is -0.459. The number of halogens is 1. The molecule has 0 fully saturated rings. The van der Waals surface area contributed by atoms with E-state index in [9.17, 15) is 9.18 Å². The van der Waals surface area contributed by atoms with Gasteiger partial charge in [0.2, 0.25) is 0 Å². The van der Waals surface area contributed by atoms with Gasteiger partial charge in [0, 0.05) is 20.1 Å². The smallest absolute Gasteiger partial charge is 0.254 e. The monoisotopic (exact) mass is 394 g/mol. The summed E-state index contributed by atoms with van der Waals surface area (Å²) < 4.78 is 15.3. The summed E-state index contributed by atoms with van der Waals surface area (Å²) in [7, 11) is 1.72. The van der Waals surface area contributed by atoms with Gasteiger partial charge in [0.15, 0.2) is 5.65 Å². The molecule has 4 aromatic rings. The van der Waals surface area contributed by atoms with Gasteiger partial charge < -0.3 is 4.90 Å².